The standard InChI is InChI=1S/C23H21BrN4O4/c1-30-16-3-4-18(24)17(13-16)23(29)28-10-8-27(9-11-28)22-7-5-19(25-26-22)15-2-6-20-21(12-15)32-14-31-20/h2-7,12-13H,8-11,14H2,1H3. The number of amides is 1. The molecule has 5 rings (SSSR count). The van der Waals surface area contributed by atoms with E-state index in [1.165, 1.54) is 0 Å². The van der Waals surface area contributed by atoms with Crippen molar-refractivity contribution in [3.8, 4) is 28.5 Å². The molecule has 3 heterocycles. The summed E-state index contributed by atoms with van der Waals surface area (Å²) in [6.07, 6.45) is 0. The molecule has 2 aliphatic heterocycles. The van der Waals surface area contributed by atoms with E-state index in [-0.39, 0.29) is 12.7 Å². The molecular formula is C23H21BrN4O4. The van der Waals surface area contributed by atoms with Crippen LogP contribution in [0.4, 0.5) is 5.82 Å². The highest BCUT2D eigenvalue weighted by atomic mass is 79.9. The molecule has 0 aliphatic carbocycles. The molecule has 0 atom stereocenters. The molecular weight excluding hydrogens is 476 g/mol. The number of carbonyl (C=O) groups is 1. The summed E-state index contributed by atoms with van der Waals surface area (Å²) in [5.74, 6) is 2.90. The fourth-order valence-electron chi connectivity index (χ4n) is 3.81. The van der Waals surface area contributed by atoms with Crippen LogP contribution in [0.1, 0.15) is 10.4 Å². The minimum Gasteiger partial charge on any atom is -0.497 e. The van der Waals surface area contributed by atoms with E-state index >= 15 is 0 Å². The molecule has 3 aromatic rings. The first-order valence-electron chi connectivity index (χ1n) is 10.2. The second-order valence-corrected chi connectivity index (χ2v) is 8.32. The summed E-state index contributed by atoms with van der Waals surface area (Å²) in [5.41, 5.74) is 2.29. The van der Waals surface area contributed by atoms with Crippen LogP contribution in [0.2, 0.25) is 0 Å². The molecule has 1 aromatic heterocycles. The molecule has 1 saturated heterocycles. The zero-order valence-electron chi connectivity index (χ0n) is 17.5. The predicted molar refractivity (Wildman–Crippen MR) is 122 cm³/mol. The van der Waals surface area contributed by atoms with E-state index in [9.17, 15) is 4.79 Å². The Balaban J connectivity index is 1.24. The first-order valence-corrected chi connectivity index (χ1v) is 11.0. The average molecular weight is 497 g/mol. The third kappa shape index (κ3) is 3.95. The number of carbonyl (C=O) groups excluding carboxylic acids is 1. The second-order valence-electron chi connectivity index (χ2n) is 7.47. The molecule has 1 amide bonds. The molecule has 0 radical (unpaired) electrons. The van der Waals surface area contributed by atoms with E-state index in [1.54, 1.807) is 13.2 Å². The molecule has 32 heavy (non-hydrogen) atoms. The lowest BCUT2D eigenvalue weighted by atomic mass is 10.1. The molecule has 2 aliphatic rings. The number of piperazine rings is 1. The van der Waals surface area contributed by atoms with Crippen LogP contribution in [-0.4, -0.2) is 61.1 Å². The molecule has 2 aromatic carbocycles. The first kappa shape index (κ1) is 20.6. The second kappa shape index (κ2) is 8.66. The number of ether oxygens (including phenoxy) is 3. The van der Waals surface area contributed by atoms with Gasteiger partial charge in [0.1, 0.15) is 5.75 Å². The van der Waals surface area contributed by atoms with Gasteiger partial charge in [0.25, 0.3) is 5.91 Å². The molecule has 0 bridgehead atoms. The summed E-state index contributed by atoms with van der Waals surface area (Å²) in [6.45, 7) is 2.82. The number of aromatic nitrogens is 2. The molecule has 0 unspecified atom stereocenters. The van der Waals surface area contributed by atoms with Crippen molar-refractivity contribution in [2.24, 2.45) is 0 Å². The maximum Gasteiger partial charge on any atom is 0.255 e. The van der Waals surface area contributed by atoms with Gasteiger partial charge in [-0.1, -0.05) is 0 Å². The Hall–Kier alpha value is -3.33. The number of fused-ring (bicyclic) bond motifs is 1. The van der Waals surface area contributed by atoms with E-state index in [0.29, 0.717) is 37.5 Å². The Morgan fingerprint density at radius 3 is 2.53 bits per heavy atom. The monoisotopic (exact) mass is 496 g/mol. The third-order valence-electron chi connectivity index (χ3n) is 5.61. The van der Waals surface area contributed by atoms with E-state index in [2.05, 4.69) is 31.0 Å². The molecule has 164 valence electrons. The Bertz CT molecular complexity index is 1150. The molecule has 0 spiro atoms. The molecule has 9 heteroatoms. The Morgan fingerprint density at radius 1 is 0.969 bits per heavy atom. The van der Waals surface area contributed by atoms with Crippen molar-refractivity contribution in [2.75, 3.05) is 45.0 Å². The molecule has 8 nitrogen and oxygen atoms in total. The number of nitrogens with zero attached hydrogens (tertiary/aromatic N) is 4. The lowest BCUT2D eigenvalue weighted by Gasteiger charge is -2.35. The highest BCUT2D eigenvalue weighted by Gasteiger charge is 2.25. The van der Waals surface area contributed by atoms with Crippen molar-refractivity contribution in [3.63, 3.8) is 0 Å². The van der Waals surface area contributed by atoms with E-state index < -0.39 is 0 Å². The van der Waals surface area contributed by atoms with Crippen LogP contribution in [0.15, 0.2) is 53.0 Å². The quantitative estimate of drug-likeness (QED) is 0.545. The maximum atomic E-state index is 13.0. The largest absolute Gasteiger partial charge is 0.497 e. The topological polar surface area (TPSA) is 77.0 Å². The SMILES string of the molecule is COc1ccc(Br)c(C(=O)N2CCN(c3ccc(-c4ccc5c(c4)OCO5)nn3)CC2)c1. The highest BCUT2D eigenvalue weighted by molar-refractivity contribution is 9.10. The van der Waals surface area contributed by atoms with Gasteiger partial charge in [-0.05, 0) is 64.5 Å². The zero-order chi connectivity index (χ0) is 22.1. The Labute approximate surface area is 193 Å². The van der Waals surface area contributed by atoms with Crippen molar-refractivity contribution in [2.45, 2.75) is 0 Å². The van der Waals surface area contributed by atoms with Gasteiger partial charge in [0, 0.05) is 36.2 Å². The summed E-state index contributed by atoms with van der Waals surface area (Å²) >= 11 is 3.47. The minimum atomic E-state index is -0.0142. The van der Waals surface area contributed by atoms with Gasteiger partial charge < -0.3 is 24.0 Å². The number of benzene rings is 2. The van der Waals surface area contributed by atoms with Gasteiger partial charge in [0.05, 0.1) is 18.4 Å². The fraction of sp³-hybridized carbons (Fsp3) is 0.261. The number of hydrogen-bond acceptors (Lipinski definition) is 7. The molecule has 0 saturated carbocycles. The predicted octanol–water partition coefficient (Wildman–Crippen LogP) is 3.61. The van der Waals surface area contributed by atoms with Gasteiger partial charge >= 0.3 is 0 Å². The Morgan fingerprint density at radius 2 is 1.78 bits per heavy atom. The van der Waals surface area contributed by atoms with Crippen LogP contribution in [0.3, 0.4) is 0 Å². The van der Waals surface area contributed by atoms with Crippen LogP contribution in [0.25, 0.3) is 11.3 Å². The lowest BCUT2D eigenvalue weighted by molar-refractivity contribution is 0.0745. The number of anilines is 1. The first-order chi connectivity index (χ1) is 15.6. The van der Waals surface area contributed by atoms with Crippen molar-refractivity contribution in [1.82, 2.24) is 15.1 Å². The highest BCUT2D eigenvalue weighted by Crippen LogP contribution is 2.35. The average Bonchev–Trinajstić information content (AvgIpc) is 3.32. The number of rotatable bonds is 4. The van der Waals surface area contributed by atoms with Gasteiger partial charge in [-0.15, -0.1) is 10.2 Å². The third-order valence-corrected chi connectivity index (χ3v) is 6.31. The van der Waals surface area contributed by atoms with Crippen LogP contribution in [0.5, 0.6) is 17.2 Å². The van der Waals surface area contributed by atoms with Gasteiger partial charge in [-0.2, -0.15) is 0 Å². The van der Waals surface area contributed by atoms with E-state index in [1.807, 2.05) is 47.4 Å². The van der Waals surface area contributed by atoms with Crippen molar-refractivity contribution < 1.29 is 19.0 Å². The number of hydrogen-bond donors (Lipinski definition) is 0. The summed E-state index contributed by atoms with van der Waals surface area (Å²) in [6, 6.07) is 15.1. The van der Waals surface area contributed by atoms with Crippen LogP contribution in [0, 0.1) is 0 Å². The number of methoxy groups -OCH3 is 1. The van der Waals surface area contributed by atoms with Crippen LogP contribution < -0.4 is 19.1 Å². The Kier molecular flexibility index (Phi) is 5.57. The minimum absolute atomic E-state index is 0.0142. The van der Waals surface area contributed by atoms with E-state index in [0.717, 1.165) is 33.0 Å². The summed E-state index contributed by atoms with van der Waals surface area (Å²) in [4.78, 5) is 17.0. The summed E-state index contributed by atoms with van der Waals surface area (Å²) in [7, 11) is 1.59. The summed E-state index contributed by atoms with van der Waals surface area (Å²) < 4.78 is 16.8. The molecule has 0 N–H and O–H groups in total. The van der Waals surface area contributed by atoms with Crippen molar-refractivity contribution >= 4 is 27.7 Å². The van der Waals surface area contributed by atoms with Gasteiger partial charge in [0.15, 0.2) is 17.3 Å². The van der Waals surface area contributed by atoms with Crippen molar-refractivity contribution in [3.05, 3.63) is 58.6 Å². The maximum absolute atomic E-state index is 13.0. The van der Waals surface area contributed by atoms with Crippen LogP contribution in [-0.2, 0) is 0 Å². The normalized spacial score (nSPS) is 15.1. The van der Waals surface area contributed by atoms with Crippen LogP contribution >= 0.6 is 15.9 Å². The van der Waals surface area contributed by atoms with E-state index in [4.69, 9.17) is 14.2 Å². The summed E-state index contributed by atoms with van der Waals surface area (Å²) in [5, 5.41) is 8.81. The number of halogens is 1. The molecule has 1 fully saturated rings. The lowest BCUT2D eigenvalue weighted by Crippen LogP contribution is -2.49. The zero-order valence-corrected chi connectivity index (χ0v) is 19.0. The van der Waals surface area contributed by atoms with Gasteiger partial charge in [-0.25, -0.2) is 0 Å². The fourth-order valence-corrected chi connectivity index (χ4v) is 4.22. The smallest absolute Gasteiger partial charge is 0.255 e. The van der Waals surface area contributed by atoms with Gasteiger partial charge in [-0.3, -0.25) is 4.79 Å². The van der Waals surface area contributed by atoms with Crippen molar-refractivity contribution in [1.29, 1.82) is 0 Å². The van der Waals surface area contributed by atoms with Gasteiger partial charge in [0.2, 0.25) is 6.79 Å².